The van der Waals surface area contributed by atoms with Gasteiger partial charge >= 0.3 is 0 Å². The zero-order valence-corrected chi connectivity index (χ0v) is 29.9. The number of nitriles is 1. The molecule has 0 amide bonds. The van der Waals surface area contributed by atoms with Crippen molar-refractivity contribution in [3.05, 3.63) is 42.4 Å². The summed E-state index contributed by atoms with van der Waals surface area (Å²) in [5.41, 5.74) is 9.55. The molecule has 2 aromatic heterocycles. The van der Waals surface area contributed by atoms with Crippen LogP contribution in [0.1, 0.15) is 70.9 Å². The van der Waals surface area contributed by atoms with Gasteiger partial charge in [-0.25, -0.2) is 15.0 Å². The number of ether oxygens (including phenoxy) is 4. The molecule has 3 aliphatic rings. The first kappa shape index (κ1) is 36.2. The number of morpholine rings is 1. The number of nitrogens with one attached hydrogen (secondary N) is 3. The van der Waals surface area contributed by atoms with Gasteiger partial charge in [0.15, 0.2) is 0 Å². The summed E-state index contributed by atoms with van der Waals surface area (Å²) in [6.07, 6.45) is 12.9. The fraction of sp³-hybridized carbons (Fsp3) is 0.583. The van der Waals surface area contributed by atoms with Gasteiger partial charge in [0.1, 0.15) is 29.9 Å². The van der Waals surface area contributed by atoms with Gasteiger partial charge in [0.25, 0.3) is 5.88 Å². The molecule has 1 aromatic carbocycles. The number of fused-ring (bicyclic) bond motifs is 2. The molecule has 0 radical (unpaired) electrons. The van der Waals surface area contributed by atoms with Gasteiger partial charge in [-0.3, -0.25) is 15.0 Å². The fourth-order valence-corrected chi connectivity index (χ4v) is 7.52. The summed E-state index contributed by atoms with van der Waals surface area (Å²) in [6, 6.07) is 9.47. The van der Waals surface area contributed by atoms with Gasteiger partial charge < -0.3 is 24.3 Å². The number of rotatable bonds is 16. The van der Waals surface area contributed by atoms with Crippen molar-refractivity contribution in [3.63, 3.8) is 0 Å². The Kier molecular flexibility index (Phi) is 11.4. The second-order valence-corrected chi connectivity index (χ2v) is 14.6. The van der Waals surface area contributed by atoms with E-state index in [-0.39, 0.29) is 18.0 Å². The topological polar surface area (TPSA) is 183 Å². The second-order valence-electron chi connectivity index (χ2n) is 14.6. The standard InChI is InChI=1S/C36H49N11O4/c1-24(17-45(23-38)44-39)51-33-13-25(5-6-26(33)14-37)27-15-40-35(41-16-27)42-32-18-46(43-34(32)50-22-36(2,3)21-48-4)28-7-9-29(10-8-28)47-30-11-12-31(47)20-49-19-30/h5-6,13,15-16,18,23-24,28-31,38-39H,7-12,17,19-22H2,1-4H3,(H,40,41,42)/t24-,28-,29-,30-,31+/m0/s1. The molecule has 272 valence electrons. The SMILES string of the molecule is COCC(C)(C)COc1nn([C@H]2CC[C@H](N3[C@@H]4CC[C@H]3COC4)CC2)cc1Nc1ncc(-c2ccc(C#N)c(O[C@@H](C)CN(C=N)N=N)c2)cn1. The van der Waals surface area contributed by atoms with Crippen molar-refractivity contribution in [2.24, 2.45) is 10.6 Å². The molecule has 3 atom stereocenters. The van der Waals surface area contributed by atoms with Crippen molar-refractivity contribution in [2.45, 2.75) is 89.6 Å². The summed E-state index contributed by atoms with van der Waals surface area (Å²) in [7, 11) is 1.69. The van der Waals surface area contributed by atoms with Crippen LogP contribution in [0.5, 0.6) is 11.6 Å². The zero-order chi connectivity index (χ0) is 36.0. The Morgan fingerprint density at radius 2 is 1.76 bits per heavy atom. The van der Waals surface area contributed by atoms with Crippen LogP contribution in [-0.4, -0.2) is 100 Å². The van der Waals surface area contributed by atoms with Crippen molar-refractivity contribution < 1.29 is 18.9 Å². The lowest BCUT2D eigenvalue weighted by Gasteiger charge is -2.43. The van der Waals surface area contributed by atoms with Crippen LogP contribution in [-0.2, 0) is 9.47 Å². The van der Waals surface area contributed by atoms with Crippen LogP contribution in [0.15, 0.2) is 42.0 Å². The Morgan fingerprint density at radius 1 is 1.08 bits per heavy atom. The number of nitrogens with zero attached hydrogens (tertiary/aromatic N) is 8. The highest BCUT2D eigenvalue weighted by atomic mass is 16.5. The fourth-order valence-electron chi connectivity index (χ4n) is 7.52. The molecule has 1 aliphatic carbocycles. The maximum absolute atomic E-state index is 9.66. The number of anilines is 2. The molecule has 0 unspecified atom stereocenters. The molecule has 15 heteroatoms. The zero-order valence-electron chi connectivity index (χ0n) is 29.9. The summed E-state index contributed by atoms with van der Waals surface area (Å²) < 4.78 is 25.6. The summed E-state index contributed by atoms with van der Waals surface area (Å²) >= 11 is 0. The Bertz CT molecular complexity index is 1660. The van der Waals surface area contributed by atoms with E-state index < -0.39 is 6.10 Å². The van der Waals surface area contributed by atoms with Crippen LogP contribution < -0.4 is 14.8 Å². The minimum atomic E-state index is -0.432. The minimum Gasteiger partial charge on any atom is -0.487 e. The predicted octanol–water partition coefficient (Wildman–Crippen LogP) is 5.98. The van der Waals surface area contributed by atoms with E-state index in [4.69, 9.17) is 35.0 Å². The third kappa shape index (κ3) is 8.63. The maximum Gasteiger partial charge on any atom is 0.256 e. The van der Waals surface area contributed by atoms with E-state index in [0.717, 1.165) is 61.4 Å². The van der Waals surface area contributed by atoms with E-state index in [1.165, 1.54) is 12.8 Å². The molecule has 0 spiro atoms. The van der Waals surface area contributed by atoms with Gasteiger partial charge in [0, 0.05) is 48.6 Å². The van der Waals surface area contributed by atoms with E-state index in [0.29, 0.717) is 60.2 Å². The lowest BCUT2D eigenvalue weighted by Crippen LogP contribution is -2.52. The van der Waals surface area contributed by atoms with Crippen molar-refractivity contribution in [2.75, 3.05) is 45.4 Å². The Labute approximate surface area is 299 Å². The lowest BCUT2D eigenvalue weighted by molar-refractivity contribution is -0.0458. The normalized spacial score (nSPS) is 22.5. The van der Waals surface area contributed by atoms with Crippen LogP contribution in [0.2, 0.25) is 0 Å². The van der Waals surface area contributed by atoms with Crippen LogP contribution in [0.4, 0.5) is 11.6 Å². The highest BCUT2D eigenvalue weighted by Crippen LogP contribution is 2.40. The van der Waals surface area contributed by atoms with Gasteiger partial charge in [-0.05, 0) is 63.1 Å². The van der Waals surface area contributed by atoms with E-state index in [1.54, 1.807) is 38.6 Å². The van der Waals surface area contributed by atoms with E-state index in [1.807, 2.05) is 12.3 Å². The van der Waals surface area contributed by atoms with Crippen molar-refractivity contribution in [1.29, 1.82) is 16.2 Å². The molecule has 2 aliphatic heterocycles. The van der Waals surface area contributed by atoms with Gasteiger partial charge in [0.05, 0.1) is 50.8 Å². The Balaban J connectivity index is 1.16. The molecular weight excluding hydrogens is 650 g/mol. The molecule has 15 nitrogen and oxygen atoms in total. The first-order chi connectivity index (χ1) is 24.7. The molecule has 51 heavy (non-hydrogen) atoms. The van der Waals surface area contributed by atoms with Crippen LogP contribution in [0, 0.1) is 27.7 Å². The average molecular weight is 700 g/mol. The molecule has 3 N–H and O–H groups in total. The van der Waals surface area contributed by atoms with Gasteiger partial charge in [-0.1, -0.05) is 25.1 Å². The number of hydrogen-bond donors (Lipinski definition) is 3. The van der Waals surface area contributed by atoms with Crippen LogP contribution >= 0.6 is 0 Å². The first-order valence-electron chi connectivity index (χ1n) is 17.7. The molecule has 2 bridgehead atoms. The average Bonchev–Trinajstić information content (AvgIpc) is 3.65. The lowest BCUT2D eigenvalue weighted by atomic mass is 9.89. The van der Waals surface area contributed by atoms with E-state index in [2.05, 4.69) is 50.0 Å². The largest absolute Gasteiger partial charge is 0.487 e. The maximum atomic E-state index is 9.66. The molecule has 3 fully saturated rings. The quantitative estimate of drug-likeness (QED) is 0.0692. The smallest absolute Gasteiger partial charge is 0.256 e. The predicted molar refractivity (Wildman–Crippen MR) is 190 cm³/mol. The highest BCUT2D eigenvalue weighted by molar-refractivity contribution is 5.67. The summed E-state index contributed by atoms with van der Waals surface area (Å²) in [5.74, 6) is 1.29. The van der Waals surface area contributed by atoms with Crippen molar-refractivity contribution >= 4 is 18.0 Å². The third-order valence-corrected chi connectivity index (χ3v) is 9.98. The van der Waals surface area contributed by atoms with Crippen molar-refractivity contribution in [1.82, 2.24) is 29.7 Å². The molecule has 4 heterocycles. The van der Waals surface area contributed by atoms with E-state index in [9.17, 15) is 5.26 Å². The first-order valence-corrected chi connectivity index (χ1v) is 17.7. The summed E-state index contributed by atoms with van der Waals surface area (Å²) in [6.45, 7) is 8.89. The van der Waals surface area contributed by atoms with Gasteiger partial charge in [-0.2, -0.15) is 10.8 Å². The summed E-state index contributed by atoms with van der Waals surface area (Å²) in [5, 5.41) is 29.7. The Morgan fingerprint density at radius 3 is 2.41 bits per heavy atom. The monoisotopic (exact) mass is 699 g/mol. The molecular formula is C36H49N11O4. The van der Waals surface area contributed by atoms with Crippen LogP contribution in [0.25, 0.3) is 11.1 Å². The van der Waals surface area contributed by atoms with Gasteiger partial charge in [-0.15, -0.1) is 5.10 Å². The van der Waals surface area contributed by atoms with Crippen molar-refractivity contribution in [3.8, 4) is 28.8 Å². The number of methoxy groups -OCH3 is 1. The number of hydrogen-bond acceptors (Lipinski definition) is 13. The molecule has 2 saturated heterocycles. The molecule has 3 aromatic rings. The minimum absolute atomic E-state index is 0.189. The highest BCUT2D eigenvalue weighted by Gasteiger charge is 2.42. The van der Waals surface area contributed by atoms with E-state index >= 15 is 0 Å². The number of aromatic nitrogens is 4. The number of benzene rings is 1. The van der Waals surface area contributed by atoms with Gasteiger partial charge in [0.2, 0.25) is 5.95 Å². The summed E-state index contributed by atoms with van der Waals surface area (Å²) in [4.78, 5) is 12.0. The molecule has 1 saturated carbocycles. The second kappa shape index (κ2) is 16.1. The Hall–Kier alpha value is -4.65. The third-order valence-electron chi connectivity index (χ3n) is 9.98. The molecule has 6 rings (SSSR count). The van der Waals surface area contributed by atoms with Crippen LogP contribution in [0.3, 0.4) is 0 Å².